The first-order valence-corrected chi connectivity index (χ1v) is 11.7. The lowest BCUT2D eigenvalue weighted by Crippen LogP contribution is -2.27. The van der Waals surface area contributed by atoms with Crippen LogP contribution in [0.4, 0.5) is 5.82 Å². The van der Waals surface area contributed by atoms with Gasteiger partial charge in [-0.25, -0.2) is 15.0 Å². The minimum atomic E-state index is -0.590. The van der Waals surface area contributed by atoms with E-state index in [1.807, 2.05) is 19.9 Å². The highest BCUT2D eigenvalue weighted by Gasteiger charge is 2.54. The molecule has 6 rings (SSSR count). The van der Waals surface area contributed by atoms with Crippen LogP contribution in [-0.2, 0) is 15.9 Å². The molecular weight excluding hydrogens is 416 g/mol. The molecule has 0 aromatic carbocycles. The van der Waals surface area contributed by atoms with Gasteiger partial charge in [0.25, 0.3) is 0 Å². The molecule has 0 unspecified atom stereocenters. The molecule has 1 aliphatic carbocycles. The highest BCUT2D eigenvalue weighted by Crippen LogP contribution is 2.49. The number of nitrogens with two attached hydrogens (primary N) is 1. The fourth-order valence-electron chi connectivity index (χ4n) is 5.70. The van der Waals surface area contributed by atoms with Crippen molar-refractivity contribution in [2.75, 3.05) is 5.73 Å². The van der Waals surface area contributed by atoms with Crippen LogP contribution in [0.2, 0.25) is 0 Å². The number of pyridine rings is 1. The zero-order valence-electron chi connectivity index (χ0n) is 19.5. The first-order chi connectivity index (χ1) is 15.8. The van der Waals surface area contributed by atoms with E-state index >= 15 is 0 Å². The minimum Gasteiger partial charge on any atom is -0.383 e. The average molecular weight is 447 g/mol. The number of hydrogen-bond acceptors (Lipinski definition) is 6. The van der Waals surface area contributed by atoms with Gasteiger partial charge in [0.1, 0.15) is 29.5 Å². The predicted octanol–water partition coefficient (Wildman–Crippen LogP) is 3.99. The van der Waals surface area contributed by atoms with E-state index in [2.05, 4.69) is 57.3 Å². The number of aryl methyl sites for hydroxylation is 3. The highest BCUT2D eigenvalue weighted by atomic mass is 16.8. The maximum absolute atomic E-state index is 6.42. The molecule has 2 aliphatic rings. The Bertz CT molecular complexity index is 1360. The second-order valence-corrected chi connectivity index (χ2v) is 9.93. The van der Waals surface area contributed by atoms with Crippen molar-refractivity contribution in [3.63, 3.8) is 0 Å². The van der Waals surface area contributed by atoms with Crippen molar-refractivity contribution < 1.29 is 9.47 Å². The van der Waals surface area contributed by atoms with E-state index in [1.165, 1.54) is 17.6 Å². The summed E-state index contributed by atoms with van der Waals surface area (Å²) in [6, 6.07) is 6.56. The van der Waals surface area contributed by atoms with E-state index in [1.54, 1.807) is 0 Å². The number of nitrogen functional groups attached to an aromatic ring is 1. The van der Waals surface area contributed by atoms with Crippen molar-refractivity contribution in [1.82, 2.24) is 23.9 Å². The van der Waals surface area contributed by atoms with Crippen LogP contribution in [0.25, 0.3) is 16.7 Å². The Kier molecular flexibility index (Phi) is 4.54. The van der Waals surface area contributed by atoms with Gasteiger partial charge in [-0.1, -0.05) is 0 Å². The van der Waals surface area contributed by atoms with Crippen LogP contribution < -0.4 is 5.73 Å². The standard InChI is InChI=1S/C25H30N6O2/c1-14-15(2)30-9-7-16(11-20(30)29-14)5-6-17-12-19(22-21(17)32-25(3,4)33-22)31-10-8-18-23(26)27-13-28-24(18)31/h7-11,13,17,19,21-22H,5-6,12H2,1-4H3,(H2,26,27,28)/t17-,19+,21+,22-/m0/s1. The molecule has 4 aromatic rings. The van der Waals surface area contributed by atoms with Gasteiger partial charge in [0.15, 0.2) is 5.79 Å². The molecule has 5 heterocycles. The molecule has 172 valence electrons. The zero-order chi connectivity index (χ0) is 22.9. The summed E-state index contributed by atoms with van der Waals surface area (Å²) >= 11 is 0. The molecule has 4 atom stereocenters. The largest absolute Gasteiger partial charge is 0.383 e. The Labute approximate surface area is 192 Å². The SMILES string of the molecule is Cc1nc2cc(CC[C@H]3C[C@@H](n4ccc5c(N)ncnc54)[C@@H]4OC(C)(C)O[C@H]34)ccn2c1C. The number of fused-ring (bicyclic) bond motifs is 3. The van der Waals surface area contributed by atoms with E-state index in [-0.39, 0.29) is 18.2 Å². The summed E-state index contributed by atoms with van der Waals surface area (Å²) in [5.41, 5.74) is 11.5. The fraction of sp³-hybridized carbons (Fsp3) is 0.480. The van der Waals surface area contributed by atoms with Crippen LogP contribution in [0, 0.1) is 19.8 Å². The summed E-state index contributed by atoms with van der Waals surface area (Å²) in [5.74, 6) is 0.305. The van der Waals surface area contributed by atoms with Gasteiger partial charge in [0, 0.05) is 18.1 Å². The van der Waals surface area contributed by atoms with Gasteiger partial charge in [-0.15, -0.1) is 0 Å². The van der Waals surface area contributed by atoms with Crippen molar-refractivity contribution in [3.8, 4) is 0 Å². The maximum Gasteiger partial charge on any atom is 0.163 e. The maximum atomic E-state index is 6.42. The first-order valence-electron chi connectivity index (χ1n) is 11.7. The Morgan fingerprint density at radius 2 is 1.94 bits per heavy atom. The summed E-state index contributed by atoms with van der Waals surface area (Å²) in [4.78, 5) is 13.4. The molecule has 4 aromatic heterocycles. The van der Waals surface area contributed by atoms with E-state index in [0.29, 0.717) is 11.7 Å². The zero-order valence-corrected chi connectivity index (χ0v) is 19.5. The summed E-state index contributed by atoms with van der Waals surface area (Å²) < 4.78 is 17.2. The predicted molar refractivity (Wildman–Crippen MR) is 126 cm³/mol. The topological polar surface area (TPSA) is 92.5 Å². The second kappa shape index (κ2) is 7.27. The number of nitrogens with zero attached hydrogens (tertiary/aromatic N) is 5. The summed E-state index contributed by atoms with van der Waals surface area (Å²) in [6.45, 7) is 8.18. The molecule has 0 bridgehead atoms. The van der Waals surface area contributed by atoms with Gasteiger partial charge in [-0.3, -0.25) is 0 Å². The molecular formula is C25H30N6O2. The molecule has 33 heavy (non-hydrogen) atoms. The lowest BCUT2D eigenvalue weighted by atomic mass is 9.96. The van der Waals surface area contributed by atoms with Crippen LogP contribution in [0.3, 0.4) is 0 Å². The Morgan fingerprint density at radius 3 is 2.79 bits per heavy atom. The van der Waals surface area contributed by atoms with Gasteiger partial charge in [-0.05, 0) is 76.6 Å². The van der Waals surface area contributed by atoms with E-state index < -0.39 is 5.79 Å². The normalized spacial score (nSPS) is 26.4. The quantitative estimate of drug-likeness (QED) is 0.510. The molecule has 0 spiro atoms. The summed E-state index contributed by atoms with van der Waals surface area (Å²) in [5, 5.41) is 0.884. The van der Waals surface area contributed by atoms with E-state index in [4.69, 9.17) is 20.2 Å². The van der Waals surface area contributed by atoms with Gasteiger partial charge < -0.3 is 24.2 Å². The Balaban J connectivity index is 1.27. The molecule has 2 N–H and O–H groups in total. The van der Waals surface area contributed by atoms with Gasteiger partial charge in [-0.2, -0.15) is 0 Å². The second-order valence-electron chi connectivity index (χ2n) is 9.93. The van der Waals surface area contributed by atoms with Gasteiger partial charge in [0.05, 0.1) is 23.2 Å². The van der Waals surface area contributed by atoms with Crippen LogP contribution in [0.1, 0.15) is 49.7 Å². The fourth-order valence-corrected chi connectivity index (χ4v) is 5.70. The van der Waals surface area contributed by atoms with Crippen molar-refractivity contribution in [2.24, 2.45) is 5.92 Å². The number of imidazole rings is 1. The van der Waals surface area contributed by atoms with Gasteiger partial charge >= 0.3 is 0 Å². The van der Waals surface area contributed by atoms with Crippen LogP contribution >= 0.6 is 0 Å². The Hall–Kier alpha value is -2.97. The summed E-state index contributed by atoms with van der Waals surface area (Å²) in [6.07, 6.45) is 8.75. The van der Waals surface area contributed by atoms with Crippen LogP contribution in [-0.4, -0.2) is 41.9 Å². The van der Waals surface area contributed by atoms with Crippen molar-refractivity contribution in [3.05, 3.63) is 53.9 Å². The first kappa shape index (κ1) is 20.6. The molecule has 0 radical (unpaired) electrons. The van der Waals surface area contributed by atoms with E-state index in [9.17, 15) is 0 Å². The molecule has 1 saturated heterocycles. The van der Waals surface area contributed by atoms with Crippen molar-refractivity contribution in [2.45, 2.75) is 71.0 Å². The van der Waals surface area contributed by atoms with Crippen LogP contribution in [0.5, 0.6) is 0 Å². The third-order valence-electron chi connectivity index (χ3n) is 7.42. The lowest BCUT2D eigenvalue weighted by Gasteiger charge is -2.24. The minimum absolute atomic E-state index is 0.0168. The monoisotopic (exact) mass is 446 g/mol. The molecule has 0 amide bonds. The molecule has 8 nitrogen and oxygen atoms in total. The average Bonchev–Trinajstić information content (AvgIpc) is 3.49. The highest BCUT2D eigenvalue weighted by molar-refractivity contribution is 5.86. The van der Waals surface area contributed by atoms with Crippen molar-refractivity contribution >= 4 is 22.5 Å². The Morgan fingerprint density at radius 1 is 1.12 bits per heavy atom. The third kappa shape index (κ3) is 3.31. The number of hydrogen-bond donors (Lipinski definition) is 1. The molecule has 1 aliphatic heterocycles. The molecule has 8 heteroatoms. The molecule has 1 saturated carbocycles. The smallest absolute Gasteiger partial charge is 0.163 e. The summed E-state index contributed by atoms with van der Waals surface area (Å²) in [7, 11) is 0. The number of anilines is 1. The number of rotatable bonds is 4. The number of aromatic nitrogens is 5. The van der Waals surface area contributed by atoms with Crippen LogP contribution in [0.15, 0.2) is 36.9 Å². The third-order valence-corrected chi connectivity index (χ3v) is 7.42. The van der Waals surface area contributed by atoms with Crippen molar-refractivity contribution in [1.29, 1.82) is 0 Å². The molecule has 2 fully saturated rings. The lowest BCUT2D eigenvalue weighted by molar-refractivity contribution is -0.160. The number of ether oxygens (including phenoxy) is 2. The van der Waals surface area contributed by atoms with E-state index in [0.717, 1.165) is 41.6 Å². The van der Waals surface area contributed by atoms with Gasteiger partial charge in [0.2, 0.25) is 0 Å².